The normalized spacial score (nSPS) is 32.5. The molecule has 0 aliphatic heterocycles. The highest BCUT2D eigenvalue weighted by Gasteiger charge is 2.59. The molecule has 0 bridgehead atoms. The molecule has 0 N–H and O–H groups in total. The molecule has 0 aromatic carbocycles. The maximum atomic E-state index is 12.4. The SMILES string of the molecule is O=CC1(C2CC(F)(F)C2)CC1. The predicted molar refractivity (Wildman–Crippen MR) is 35.4 cm³/mol. The lowest BCUT2D eigenvalue weighted by molar-refractivity contribution is -0.140. The van der Waals surface area contributed by atoms with Crippen LogP contribution >= 0.6 is 0 Å². The largest absolute Gasteiger partial charge is 0.303 e. The van der Waals surface area contributed by atoms with Gasteiger partial charge in [0.15, 0.2) is 0 Å². The van der Waals surface area contributed by atoms with Crippen molar-refractivity contribution in [2.24, 2.45) is 11.3 Å². The highest BCUT2D eigenvalue weighted by atomic mass is 19.3. The van der Waals surface area contributed by atoms with Crippen molar-refractivity contribution < 1.29 is 13.6 Å². The van der Waals surface area contributed by atoms with Crippen LogP contribution in [0.4, 0.5) is 8.78 Å². The van der Waals surface area contributed by atoms with Gasteiger partial charge >= 0.3 is 0 Å². The summed E-state index contributed by atoms with van der Waals surface area (Å²) in [5, 5.41) is 0. The lowest BCUT2D eigenvalue weighted by Gasteiger charge is -2.38. The average molecular weight is 160 g/mol. The quantitative estimate of drug-likeness (QED) is 0.565. The molecule has 11 heavy (non-hydrogen) atoms. The molecular formula is C8H10F2O. The van der Waals surface area contributed by atoms with Crippen LogP contribution in [0.5, 0.6) is 0 Å². The van der Waals surface area contributed by atoms with Gasteiger partial charge in [-0.3, -0.25) is 0 Å². The monoisotopic (exact) mass is 160 g/mol. The van der Waals surface area contributed by atoms with Crippen molar-refractivity contribution in [3.63, 3.8) is 0 Å². The van der Waals surface area contributed by atoms with Crippen LogP contribution in [0.3, 0.4) is 0 Å². The van der Waals surface area contributed by atoms with Crippen LogP contribution in [-0.2, 0) is 4.79 Å². The molecular weight excluding hydrogens is 150 g/mol. The van der Waals surface area contributed by atoms with E-state index in [2.05, 4.69) is 0 Å². The minimum absolute atomic E-state index is 0.0185. The lowest BCUT2D eigenvalue weighted by atomic mass is 9.71. The van der Waals surface area contributed by atoms with Crippen molar-refractivity contribution in [3.05, 3.63) is 0 Å². The van der Waals surface area contributed by atoms with E-state index >= 15 is 0 Å². The first kappa shape index (κ1) is 7.19. The van der Waals surface area contributed by atoms with Gasteiger partial charge in [0.1, 0.15) is 6.29 Å². The fraction of sp³-hybridized carbons (Fsp3) is 0.875. The Labute approximate surface area is 63.8 Å². The van der Waals surface area contributed by atoms with E-state index in [-0.39, 0.29) is 24.2 Å². The number of carbonyl (C=O) groups is 1. The van der Waals surface area contributed by atoms with E-state index in [0.717, 1.165) is 19.1 Å². The number of aldehydes is 1. The Balaban J connectivity index is 1.96. The second-order valence-electron chi connectivity index (χ2n) is 3.81. The van der Waals surface area contributed by atoms with E-state index in [0.29, 0.717) is 0 Å². The Bertz CT molecular complexity index is 188. The van der Waals surface area contributed by atoms with Crippen molar-refractivity contribution in [2.75, 3.05) is 0 Å². The van der Waals surface area contributed by atoms with E-state index in [9.17, 15) is 13.6 Å². The van der Waals surface area contributed by atoms with E-state index < -0.39 is 5.92 Å². The molecule has 62 valence electrons. The van der Waals surface area contributed by atoms with Gasteiger partial charge in [-0.2, -0.15) is 0 Å². The van der Waals surface area contributed by atoms with Gasteiger partial charge < -0.3 is 4.79 Å². The van der Waals surface area contributed by atoms with Gasteiger partial charge in [-0.1, -0.05) is 0 Å². The molecule has 0 aromatic heterocycles. The van der Waals surface area contributed by atoms with E-state index in [1.165, 1.54) is 0 Å². The number of hydrogen-bond donors (Lipinski definition) is 0. The van der Waals surface area contributed by atoms with E-state index in [1.54, 1.807) is 0 Å². The van der Waals surface area contributed by atoms with Crippen molar-refractivity contribution in [1.29, 1.82) is 0 Å². The molecule has 0 unspecified atom stereocenters. The van der Waals surface area contributed by atoms with Gasteiger partial charge in [0, 0.05) is 18.3 Å². The van der Waals surface area contributed by atoms with Gasteiger partial charge in [-0.15, -0.1) is 0 Å². The van der Waals surface area contributed by atoms with Crippen LogP contribution in [0.1, 0.15) is 25.7 Å². The van der Waals surface area contributed by atoms with Crippen LogP contribution in [0, 0.1) is 11.3 Å². The van der Waals surface area contributed by atoms with E-state index in [1.807, 2.05) is 0 Å². The van der Waals surface area contributed by atoms with Crippen LogP contribution < -0.4 is 0 Å². The summed E-state index contributed by atoms with van der Waals surface area (Å²) < 4.78 is 24.7. The Hall–Kier alpha value is -0.470. The number of rotatable bonds is 2. The van der Waals surface area contributed by atoms with Gasteiger partial charge in [-0.05, 0) is 18.8 Å². The van der Waals surface area contributed by atoms with Crippen LogP contribution in [0.25, 0.3) is 0 Å². The fourth-order valence-corrected chi connectivity index (χ4v) is 1.83. The lowest BCUT2D eigenvalue weighted by Crippen LogP contribution is -2.41. The summed E-state index contributed by atoms with van der Waals surface area (Å²) >= 11 is 0. The molecule has 0 saturated heterocycles. The molecule has 2 aliphatic carbocycles. The minimum Gasteiger partial charge on any atom is -0.303 e. The molecule has 2 saturated carbocycles. The molecule has 1 nitrogen and oxygen atoms in total. The number of halogens is 2. The number of carbonyl (C=O) groups excluding carboxylic acids is 1. The van der Waals surface area contributed by atoms with Gasteiger partial charge in [0.2, 0.25) is 5.92 Å². The standard InChI is InChI=1S/C8H10F2O/c9-8(10)3-6(4-8)7(5-11)1-2-7/h5-6H,1-4H2. The zero-order chi connectivity index (χ0) is 8.11. The number of hydrogen-bond acceptors (Lipinski definition) is 1. The summed E-state index contributed by atoms with van der Waals surface area (Å²) in [6, 6.07) is 0. The summed E-state index contributed by atoms with van der Waals surface area (Å²) in [6.07, 6.45) is 2.42. The maximum Gasteiger partial charge on any atom is 0.248 e. The summed E-state index contributed by atoms with van der Waals surface area (Å²) in [6.45, 7) is 0. The highest BCUT2D eigenvalue weighted by molar-refractivity contribution is 5.64. The maximum absolute atomic E-state index is 12.4. The molecule has 3 heteroatoms. The molecule has 0 heterocycles. The van der Waals surface area contributed by atoms with Crippen molar-refractivity contribution >= 4 is 6.29 Å². The van der Waals surface area contributed by atoms with Crippen molar-refractivity contribution in [3.8, 4) is 0 Å². The molecule has 0 spiro atoms. The summed E-state index contributed by atoms with van der Waals surface area (Å²) in [7, 11) is 0. The van der Waals surface area contributed by atoms with Crippen molar-refractivity contribution in [1.82, 2.24) is 0 Å². The second kappa shape index (κ2) is 1.82. The zero-order valence-electron chi connectivity index (χ0n) is 6.15. The Morgan fingerprint density at radius 3 is 2.09 bits per heavy atom. The minimum atomic E-state index is -2.47. The smallest absolute Gasteiger partial charge is 0.248 e. The third-order valence-electron chi connectivity index (χ3n) is 2.97. The summed E-state index contributed by atoms with van der Waals surface area (Å²) in [5.41, 5.74) is -0.318. The van der Waals surface area contributed by atoms with Crippen molar-refractivity contribution in [2.45, 2.75) is 31.6 Å². The molecule has 0 amide bonds. The van der Waals surface area contributed by atoms with Crippen LogP contribution in [0.2, 0.25) is 0 Å². The predicted octanol–water partition coefficient (Wildman–Crippen LogP) is 2.01. The molecule has 2 fully saturated rings. The molecule has 2 rings (SSSR count). The zero-order valence-corrected chi connectivity index (χ0v) is 6.15. The van der Waals surface area contributed by atoms with Gasteiger partial charge in [0.05, 0.1) is 0 Å². The van der Waals surface area contributed by atoms with E-state index in [4.69, 9.17) is 0 Å². The molecule has 0 aromatic rings. The summed E-state index contributed by atoms with van der Waals surface area (Å²) in [4.78, 5) is 10.5. The Morgan fingerprint density at radius 1 is 1.27 bits per heavy atom. The fourth-order valence-electron chi connectivity index (χ4n) is 1.83. The number of alkyl halides is 2. The Kier molecular flexibility index (Phi) is 1.19. The van der Waals surface area contributed by atoms with Gasteiger partial charge in [0.25, 0.3) is 0 Å². The first-order valence-electron chi connectivity index (χ1n) is 3.92. The second-order valence-corrected chi connectivity index (χ2v) is 3.81. The molecule has 2 aliphatic rings. The third kappa shape index (κ3) is 0.976. The first-order chi connectivity index (χ1) is 5.08. The third-order valence-corrected chi connectivity index (χ3v) is 2.97. The highest BCUT2D eigenvalue weighted by Crippen LogP contribution is 2.61. The molecule has 0 atom stereocenters. The van der Waals surface area contributed by atoms with Crippen LogP contribution in [-0.4, -0.2) is 12.2 Å². The average Bonchev–Trinajstić information content (AvgIpc) is 2.62. The van der Waals surface area contributed by atoms with Gasteiger partial charge in [-0.25, -0.2) is 8.78 Å². The topological polar surface area (TPSA) is 17.1 Å². The van der Waals surface area contributed by atoms with Crippen LogP contribution in [0.15, 0.2) is 0 Å². The Morgan fingerprint density at radius 2 is 1.82 bits per heavy atom. The first-order valence-corrected chi connectivity index (χ1v) is 3.92. The summed E-state index contributed by atoms with van der Waals surface area (Å²) in [5.74, 6) is -2.49. The molecule has 0 radical (unpaired) electrons.